The summed E-state index contributed by atoms with van der Waals surface area (Å²) in [6.07, 6.45) is 3.11. The van der Waals surface area contributed by atoms with Gasteiger partial charge < -0.3 is 16.4 Å². The lowest BCUT2D eigenvalue weighted by atomic mass is 10.1. The Kier molecular flexibility index (Phi) is 5.43. The Bertz CT molecular complexity index is 933. The minimum absolute atomic E-state index is 0.196. The molecule has 3 aromatic rings. The molecule has 0 bridgehead atoms. The molecular formula is C18H15BrFN5O. The predicted molar refractivity (Wildman–Crippen MR) is 102 cm³/mol. The summed E-state index contributed by atoms with van der Waals surface area (Å²) in [6.45, 7) is 0.196. The van der Waals surface area contributed by atoms with Gasteiger partial charge in [0.1, 0.15) is 17.3 Å². The number of hydrogen-bond acceptors (Lipinski definition) is 5. The summed E-state index contributed by atoms with van der Waals surface area (Å²) < 4.78 is 14.8. The number of amides is 1. The molecule has 4 N–H and O–H groups in total. The number of carbonyl (C=O) groups is 1. The van der Waals surface area contributed by atoms with Crippen LogP contribution in [-0.2, 0) is 6.54 Å². The van der Waals surface area contributed by atoms with E-state index in [0.29, 0.717) is 22.8 Å². The number of nitrogens with two attached hydrogens (primary N) is 1. The molecule has 1 amide bonds. The van der Waals surface area contributed by atoms with Crippen molar-refractivity contribution < 1.29 is 9.18 Å². The van der Waals surface area contributed by atoms with Crippen LogP contribution in [0.4, 0.5) is 21.6 Å². The molecule has 0 aliphatic rings. The fourth-order valence-corrected chi connectivity index (χ4v) is 2.49. The largest absolute Gasteiger partial charge is 0.382 e. The first-order valence-electron chi connectivity index (χ1n) is 7.68. The number of pyridine rings is 2. The van der Waals surface area contributed by atoms with Gasteiger partial charge in [0.2, 0.25) is 0 Å². The summed E-state index contributed by atoms with van der Waals surface area (Å²) in [5.41, 5.74) is 7.49. The van der Waals surface area contributed by atoms with Gasteiger partial charge in [0, 0.05) is 34.7 Å². The molecule has 0 atom stereocenters. The van der Waals surface area contributed by atoms with Crippen molar-refractivity contribution in [1.82, 2.24) is 9.97 Å². The first-order valence-corrected chi connectivity index (χ1v) is 8.48. The van der Waals surface area contributed by atoms with Gasteiger partial charge >= 0.3 is 0 Å². The van der Waals surface area contributed by atoms with Gasteiger partial charge in [-0.15, -0.1) is 0 Å². The molecule has 0 aliphatic heterocycles. The number of nitrogens with zero attached hydrogens (tertiary/aromatic N) is 2. The summed E-state index contributed by atoms with van der Waals surface area (Å²) in [5, 5.41) is 5.74. The normalized spacial score (nSPS) is 10.4. The highest BCUT2D eigenvalue weighted by Crippen LogP contribution is 2.19. The zero-order valence-corrected chi connectivity index (χ0v) is 15.1. The molecule has 0 saturated heterocycles. The van der Waals surface area contributed by atoms with Gasteiger partial charge in [-0.3, -0.25) is 4.79 Å². The smallest absolute Gasteiger partial charge is 0.274 e. The second-order valence-corrected chi connectivity index (χ2v) is 6.33. The van der Waals surface area contributed by atoms with Crippen molar-refractivity contribution in [2.45, 2.75) is 6.54 Å². The van der Waals surface area contributed by atoms with Gasteiger partial charge in [0.25, 0.3) is 5.91 Å². The Morgan fingerprint density at radius 2 is 2.04 bits per heavy atom. The molecule has 1 aromatic carbocycles. The summed E-state index contributed by atoms with van der Waals surface area (Å²) in [5.74, 6) is -0.432. The number of carbonyl (C=O) groups excluding carboxylic acids is 1. The molecule has 0 aliphatic carbocycles. The molecule has 0 saturated carbocycles. The molecule has 0 fully saturated rings. The Morgan fingerprint density at radius 3 is 2.77 bits per heavy atom. The zero-order valence-electron chi connectivity index (χ0n) is 13.5. The molecule has 2 heterocycles. The lowest BCUT2D eigenvalue weighted by Crippen LogP contribution is -2.14. The fraction of sp³-hybridized carbons (Fsp3) is 0.0556. The quantitative estimate of drug-likeness (QED) is 0.588. The van der Waals surface area contributed by atoms with Crippen LogP contribution in [-0.4, -0.2) is 15.9 Å². The van der Waals surface area contributed by atoms with Crippen LogP contribution >= 0.6 is 15.9 Å². The Hall–Kier alpha value is -3.00. The van der Waals surface area contributed by atoms with E-state index in [4.69, 9.17) is 5.73 Å². The van der Waals surface area contributed by atoms with E-state index < -0.39 is 0 Å². The molecule has 0 unspecified atom stereocenters. The van der Waals surface area contributed by atoms with Crippen LogP contribution in [0, 0.1) is 5.82 Å². The number of nitrogen functional groups attached to an aromatic ring is 1. The van der Waals surface area contributed by atoms with Crippen molar-refractivity contribution in [2.24, 2.45) is 0 Å². The number of halogens is 2. The molecule has 0 radical (unpaired) electrons. The summed E-state index contributed by atoms with van der Waals surface area (Å²) in [6, 6.07) is 11.2. The molecule has 8 heteroatoms. The van der Waals surface area contributed by atoms with Gasteiger partial charge in [0.15, 0.2) is 0 Å². The molecule has 26 heavy (non-hydrogen) atoms. The van der Waals surface area contributed by atoms with Gasteiger partial charge in [-0.05, 0) is 58.4 Å². The van der Waals surface area contributed by atoms with E-state index >= 15 is 0 Å². The minimum atomic E-state index is -0.389. The number of hydrogen-bond donors (Lipinski definition) is 3. The highest BCUT2D eigenvalue weighted by molar-refractivity contribution is 9.10. The van der Waals surface area contributed by atoms with Gasteiger partial charge in [-0.2, -0.15) is 0 Å². The second-order valence-electron chi connectivity index (χ2n) is 5.41. The minimum Gasteiger partial charge on any atom is -0.382 e. The number of rotatable bonds is 5. The van der Waals surface area contributed by atoms with Crippen LogP contribution in [0.15, 0.2) is 59.3 Å². The number of anilines is 3. The van der Waals surface area contributed by atoms with E-state index in [9.17, 15) is 9.18 Å². The van der Waals surface area contributed by atoms with E-state index in [1.807, 2.05) is 0 Å². The lowest BCUT2D eigenvalue weighted by molar-refractivity contribution is 0.102. The zero-order chi connectivity index (χ0) is 18.5. The van der Waals surface area contributed by atoms with Crippen LogP contribution in [0.5, 0.6) is 0 Å². The maximum absolute atomic E-state index is 14.1. The standard InChI is InChI=1S/C18H15BrFN5O/c19-12-3-6-16(24-10-12)18(26)25-13-4-5-14(20)11(8-13)9-23-15-2-1-7-22-17(15)21/h1-8,10,23H,9H2,(H2,21,22)(H,25,26). The van der Waals surface area contributed by atoms with Gasteiger partial charge in [-0.1, -0.05) is 0 Å². The molecule has 132 valence electrons. The van der Waals surface area contributed by atoms with Crippen LogP contribution in [0.3, 0.4) is 0 Å². The van der Waals surface area contributed by atoms with Crippen molar-refractivity contribution >= 4 is 39.0 Å². The highest BCUT2D eigenvalue weighted by Gasteiger charge is 2.10. The molecular weight excluding hydrogens is 401 g/mol. The number of benzene rings is 1. The third kappa shape index (κ3) is 4.34. The Labute approximate surface area is 157 Å². The van der Waals surface area contributed by atoms with E-state index in [-0.39, 0.29) is 24.0 Å². The van der Waals surface area contributed by atoms with Crippen molar-refractivity contribution in [1.29, 1.82) is 0 Å². The monoisotopic (exact) mass is 415 g/mol. The molecule has 3 rings (SSSR count). The third-order valence-electron chi connectivity index (χ3n) is 3.57. The van der Waals surface area contributed by atoms with E-state index in [1.54, 1.807) is 36.5 Å². The van der Waals surface area contributed by atoms with Crippen molar-refractivity contribution in [3.63, 3.8) is 0 Å². The van der Waals surface area contributed by atoms with E-state index in [2.05, 4.69) is 36.5 Å². The van der Waals surface area contributed by atoms with Crippen molar-refractivity contribution in [3.8, 4) is 0 Å². The molecule has 6 nitrogen and oxygen atoms in total. The Morgan fingerprint density at radius 1 is 1.19 bits per heavy atom. The Balaban J connectivity index is 1.72. The average Bonchev–Trinajstić information content (AvgIpc) is 2.64. The van der Waals surface area contributed by atoms with E-state index in [1.165, 1.54) is 18.3 Å². The maximum Gasteiger partial charge on any atom is 0.274 e. The van der Waals surface area contributed by atoms with Crippen molar-refractivity contribution in [3.05, 3.63) is 76.4 Å². The summed E-state index contributed by atoms with van der Waals surface area (Å²) in [4.78, 5) is 20.2. The highest BCUT2D eigenvalue weighted by atomic mass is 79.9. The van der Waals surface area contributed by atoms with Crippen LogP contribution in [0.1, 0.15) is 16.1 Å². The van der Waals surface area contributed by atoms with Crippen LogP contribution in [0.25, 0.3) is 0 Å². The number of nitrogens with one attached hydrogen (secondary N) is 2. The fourth-order valence-electron chi connectivity index (χ4n) is 2.25. The number of aromatic nitrogens is 2. The first-order chi connectivity index (χ1) is 12.5. The summed E-state index contributed by atoms with van der Waals surface area (Å²) in [7, 11) is 0. The summed E-state index contributed by atoms with van der Waals surface area (Å²) >= 11 is 3.26. The molecule has 2 aromatic heterocycles. The topological polar surface area (TPSA) is 92.9 Å². The van der Waals surface area contributed by atoms with Gasteiger partial charge in [-0.25, -0.2) is 14.4 Å². The third-order valence-corrected chi connectivity index (χ3v) is 4.04. The molecule has 0 spiro atoms. The van der Waals surface area contributed by atoms with Crippen LogP contribution in [0.2, 0.25) is 0 Å². The predicted octanol–water partition coefficient (Wildman–Crippen LogP) is 3.82. The maximum atomic E-state index is 14.1. The lowest BCUT2D eigenvalue weighted by Gasteiger charge is -2.11. The van der Waals surface area contributed by atoms with E-state index in [0.717, 1.165) is 4.47 Å². The van der Waals surface area contributed by atoms with Crippen LogP contribution < -0.4 is 16.4 Å². The second kappa shape index (κ2) is 7.92. The SMILES string of the molecule is Nc1ncccc1NCc1cc(NC(=O)c2ccc(Br)cn2)ccc1F. The first kappa shape index (κ1) is 17.8. The van der Waals surface area contributed by atoms with Gasteiger partial charge in [0.05, 0.1) is 5.69 Å². The average molecular weight is 416 g/mol. The van der Waals surface area contributed by atoms with Crippen molar-refractivity contribution in [2.75, 3.05) is 16.4 Å².